The highest BCUT2D eigenvalue weighted by atomic mass is 16.2. The number of ketones is 1. The van der Waals surface area contributed by atoms with Crippen LogP contribution in [0.25, 0.3) is 0 Å². The SMILES string of the molecule is CC(=O)c1cc(C)c(CC(N)C(=O)NC2CCN(C(C)=O)c3ccc(Cc4ccccc4)cc32)c(C)c1. The topological polar surface area (TPSA) is 92.5 Å². The average molecular weight is 498 g/mol. The Balaban J connectivity index is 1.55. The molecule has 2 amide bonds. The van der Waals surface area contributed by atoms with Crippen LogP contribution < -0.4 is 16.0 Å². The predicted molar refractivity (Wildman–Crippen MR) is 147 cm³/mol. The van der Waals surface area contributed by atoms with Crippen molar-refractivity contribution in [3.63, 3.8) is 0 Å². The summed E-state index contributed by atoms with van der Waals surface area (Å²) in [6, 6.07) is 19.1. The third-order valence-electron chi connectivity index (χ3n) is 7.21. The van der Waals surface area contributed by atoms with Gasteiger partial charge in [0.15, 0.2) is 5.78 Å². The van der Waals surface area contributed by atoms with Gasteiger partial charge in [-0.2, -0.15) is 0 Å². The van der Waals surface area contributed by atoms with Gasteiger partial charge < -0.3 is 16.0 Å². The van der Waals surface area contributed by atoms with Crippen molar-refractivity contribution in [3.8, 4) is 0 Å². The Morgan fingerprint density at radius 1 is 0.973 bits per heavy atom. The number of hydrogen-bond donors (Lipinski definition) is 2. The summed E-state index contributed by atoms with van der Waals surface area (Å²) in [7, 11) is 0. The van der Waals surface area contributed by atoms with Crippen LogP contribution in [0.15, 0.2) is 60.7 Å². The molecule has 0 fully saturated rings. The molecular formula is C31H35N3O3. The van der Waals surface area contributed by atoms with Gasteiger partial charge >= 0.3 is 0 Å². The first kappa shape index (κ1) is 26.3. The molecular weight excluding hydrogens is 462 g/mol. The maximum atomic E-state index is 13.2. The van der Waals surface area contributed by atoms with Crippen LogP contribution in [0.2, 0.25) is 0 Å². The summed E-state index contributed by atoms with van der Waals surface area (Å²) in [5.41, 5.74) is 14.0. The zero-order valence-electron chi connectivity index (χ0n) is 22.0. The fourth-order valence-electron chi connectivity index (χ4n) is 5.19. The summed E-state index contributed by atoms with van der Waals surface area (Å²) in [6.07, 6.45) is 1.77. The van der Waals surface area contributed by atoms with Crippen LogP contribution in [0.4, 0.5) is 5.69 Å². The van der Waals surface area contributed by atoms with Crippen LogP contribution in [0, 0.1) is 13.8 Å². The third kappa shape index (κ3) is 5.97. The molecule has 0 aliphatic carbocycles. The molecule has 0 radical (unpaired) electrons. The minimum atomic E-state index is -0.734. The lowest BCUT2D eigenvalue weighted by Crippen LogP contribution is -2.46. The number of aryl methyl sites for hydroxylation is 2. The second kappa shape index (κ2) is 11.1. The number of nitrogens with zero attached hydrogens (tertiary/aromatic N) is 1. The second-order valence-electron chi connectivity index (χ2n) is 10.0. The number of fused-ring (bicyclic) bond motifs is 1. The van der Waals surface area contributed by atoms with E-state index in [1.165, 1.54) is 5.56 Å². The van der Waals surface area contributed by atoms with Crippen LogP contribution in [-0.4, -0.2) is 30.2 Å². The summed E-state index contributed by atoms with van der Waals surface area (Å²) < 4.78 is 0. The molecule has 0 saturated heterocycles. The lowest BCUT2D eigenvalue weighted by atomic mass is 9.91. The molecule has 1 aliphatic heterocycles. The van der Waals surface area contributed by atoms with Gasteiger partial charge in [-0.1, -0.05) is 42.5 Å². The zero-order chi connectivity index (χ0) is 26.7. The minimum Gasteiger partial charge on any atom is -0.348 e. The molecule has 4 rings (SSSR count). The molecule has 2 unspecified atom stereocenters. The smallest absolute Gasteiger partial charge is 0.237 e. The van der Waals surface area contributed by atoms with Crippen molar-refractivity contribution in [1.29, 1.82) is 0 Å². The number of anilines is 1. The molecule has 37 heavy (non-hydrogen) atoms. The largest absolute Gasteiger partial charge is 0.348 e. The van der Waals surface area contributed by atoms with E-state index in [1.54, 1.807) is 18.7 Å². The molecule has 2 atom stereocenters. The number of rotatable bonds is 7. The Hall–Kier alpha value is -3.77. The van der Waals surface area contributed by atoms with Crippen molar-refractivity contribution < 1.29 is 14.4 Å². The van der Waals surface area contributed by atoms with E-state index in [9.17, 15) is 14.4 Å². The van der Waals surface area contributed by atoms with Crippen LogP contribution in [0.1, 0.15) is 70.0 Å². The number of Topliss-reactive ketones (excluding diaryl/α,β-unsaturated/α-hetero) is 1. The summed E-state index contributed by atoms with van der Waals surface area (Å²) in [4.78, 5) is 39.1. The Morgan fingerprint density at radius 2 is 1.65 bits per heavy atom. The Bertz CT molecular complexity index is 1310. The van der Waals surface area contributed by atoms with Crippen LogP contribution in [0.3, 0.4) is 0 Å². The van der Waals surface area contributed by atoms with Crippen LogP contribution in [0.5, 0.6) is 0 Å². The van der Waals surface area contributed by atoms with Gasteiger partial charge in [-0.15, -0.1) is 0 Å². The highest BCUT2D eigenvalue weighted by Gasteiger charge is 2.30. The first-order valence-corrected chi connectivity index (χ1v) is 12.8. The molecule has 3 N–H and O–H groups in total. The molecule has 192 valence electrons. The summed E-state index contributed by atoms with van der Waals surface area (Å²) in [5.74, 6) is -0.226. The molecule has 0 saturated carbocycles. The van der Waals surface area contributed by atoms with Crippen LogP contribution >= 0.6 is 0 Å². The Kier molecular flexibility index (Phi) is 7.89. The quantitative estimate of drug-likeness (QED) is 0.468. The van der Waals surface area contributed by atoms with Gasteiger partial charge in [0, 0.05) is 24.7 Å². The van der Waals surface area contributed by atoms with Gasteiger partial charge in [0.2, 0.25) is 11.8 Å². The molecule has 1 aliphatic rings. The van der Waals surface area contributed by atoms with Gasteiger partial charge in [-0.05, 0) is 91.6 Å². The normalized spacial score (nSPS) is 15.6. The van der Waals surface area contributed by atoms with Crippen molar-refractivity contribution in [3.05, 3.63) is 99.6 Å². The highest BCUT2D eigenvalue weighted by molar-refractivity contribution is 5.95. The number of benzene rings is 3. The van der Waals surface area contributed by atoms with E-state index >= 15 is 0 Å². The molecule has 3 aromatic rings. The van der Waals surface area contributed by atoms with Gasteiger partial charge in [0.1, 0.15) is 0 Å². The number of amides is 2. The van der Waals surface area contributed by atoms with E-state index < -0.39 is 6.04 Å². The fraction of sp³-hybridized carbons (Fsp3) is 0.323. The molecule has 6 nitrogen and oxygen atoms in total. The number of nitrogens with one attached hydrogen (secondary N) is 1. The van der Waals surface area contributed by atoms with Gasteiger partial charge in [-0.3, -0.25) is 14.4 Å². The van der Waals surface area contributed by atoms with Crippen molar-refractivity contribution in [2.75, 3.05) is 11.4 Å². The molecule has 1 heterocycles. The van der Waals surface area contributed by atoms with Crippen molar-refractivity contribution in [1.82, 2.24) is 5.32 Å². The molecule has 6 heteroatoms. The standard InChI is InChI=1S/C31H35N3O3/c1-19-14-25(21(3)35)15-20(2)26(19)18-28(32)31(37)33-29-12-13-34(22(4)36)30-11-10-24(17-27(29)30)16-23-8-6-5-7-9-23/h5-11,14-15,17,28-29H,12-13,16,18,32H2,1-4H3,(H,33,37). The van der Waals surface area contributed by atoms with Gasteiger partial charge in [0.25, 0.3) is 0 Å². The van der Waals surface area contributed by atoms with E-state index in [0.717, 1.165) is 39.9 Å². The summed E-state index contributed by atoms with van der Waals surface area (Å²) in [5, 5.41) is 3.16. The minimum absolute atomic E-state index is 0.0153. The summed E-state index contributed by atoms with van der Waals surface area (Å²) >= 11 is 0. The van der Waals surface area contributed by atoms with E-state index in [0.29, 0.717) is 24.9 Å². The predicted octanol–water partition coefficient (Wildman–Crippen LogP) is 4.58. The number of nitrogens with two attached hydrogens (primary N) is 1. The first-order chi connectivity index (χ1) is 17.6. The number of hydrogen-bond acceptors (Lipinski definition) is 4. The molecule has 0 spiro atoms. The van der Waals surface area contributed by atoms with Crippen molar-refractivity contribution >= 4 is 23.3 Å². The average Bonchev–Trinajstić information content (AvgIpc) is 2.86. The molecule has 0 bridgehead atoms. The van der Waals surface area contributed by atoms with Crippen molar-refractivity contribution in [2.45, 2.75) is 59.0 Å². The Morgan fingerprint density at radius 3 is 2.27 bits per heavy atom. The van der Waals surface area contributed by atoms with E-state index in [2.05, 4.69) is 23.5 Å². The second-order valence-corrected chi connectivity index (χ2v) is 10.0. The monoisotopic (exact) mass is 497 g/mol. The van der Waals surface area contributed by atoms with Gasteiger partial charge in [-0.25, -0.2) is 0 Å². The fourth-order valence-corrected chi connectivity index (χ4v) is 5.19. The molecule has 3 aromatic carbocycles. The number of carbonyl (C=O) groups is 3. The third-order valence-corrected chi connectivity index (χ3v) is 7.21. The van der Waals surface area contributed by atoms with Crippen LogP contribution in [-0.2, 0) is 22.4 Å². The van der Waals surface area contributed by atoms with E-state index in [-0.39, 0.29) is 23.6 Å². The molecule has 0 aromatic heterocycles. The van der Waals surface area contributed by atoms with E-state index in [1.807, 2.05) is 56.3 Å². The maximum Gasteiger partial charge on any atom is 0.237 e. The first-order valence-electron chi connectivity index (χ1n) is 12.8. The summed E-state index contributed by atoms with van der Waals surface area (Å²) in [6.45, 7) is 7.54. The van der Waals surface area contributed by atoms with Crippen molar-refractivity contribution in [2.24, 2.45) is 5.73 Å². The lowest BCUT2D eigenvalue weighted by Gasteiger charge is -2.35. The number of carbonyl (C=O) groups excluding carboxylic acids is 3. The van der Waals surface area contributed by atoms with E-state index in [4.69, 9.17) is 5.73 Å². The van der Waals surface area contributed by atoms with Gasteiger partial charge in [0.05, 0.1) is 12.1 Å². The Labute approximate surface area is 218 Å². The lowest BCUT2D eigenvalue weighted by molar-refractivity contribution is -0.123. The zero-order valence-corrected chi connectivity index (χ0v) is 22.0. The highest BCUT2D eigenvalue weighted by Crippen LogP contribution is 2.35. The maximum absolute atomic E-state index is 13.2.